The molecule has 0 saturated heterocycles. The standard InChI is InChI=1S/C20H12F2O6/c21-15-13(19(23)24)14(20(25)26)16(22)18(28-12-9-5-2-6-10-12)17(15)27-11-7-3-1-4-8-11/h1-10H,(H,23,24)(H,25,26). The summed E-state index contributed by atoms with van der Waals surface area (Å²) >= 11 is 0. The molecule has 0 aliphatic rings. The Morgan fingerprint density at radius 1 is 0.643 bits per heavy atom. The van der Waals surface area contributed by atoms with Gasteiger partial charge in [0, 0.05) is 0 Å². The van der Waals surface area contributed by atoms with Gasteiger partial charge in [0.15, 0.2) is 11.6 Å². The molecule has 0 saturated carbocycles. The van der Waals surface area contributed by atoms with E-state index in [0.717, 1.165) is 0 Å². The summed E-state index contributed by atoms with van der Waals surface area (Å²) < 4.78 is 40.6. The van der Waals surface area contributed by atoms with E-state index in [9.17, 15) is 28.6 Å². The Balaban J connectivity index is 2.27. The summed E-state index contributed by atoms with van der Waals surface area (Å²) in [5.74, 6) is -8.68. The maximum Gasteiger partial charge on any atom is 0.339 e. The summed E-state index contributed by atoms with van der Waals surface area (Å²) in [6.45, 7) is 0. The number of halogens is 2. The number of hydrogen-bond donors (Lipinski definition) is 2. The highest BCUT2D eigenvalue weighted by atomic mass is 19.1. The lowest BCUT2D eigenvalue weighted by Crippen LogP contribution is -2.15. The average Bonchev–Trinajstić information content (AvgIpc) is 2.68. The number of carboxylic acids is 2. The Kier molecular flexibility index (Phi) is 5.21. The second-order valence-corrected chi connectivity index (χ2v) is 5.48. The average molecular weight is 386 g/mol. The van der Waals surface area contributed by atoms with Crippen molar-refractivity contribution < 1.29 is 38.1 Å². The van der Waals surface area contributed by atoms with Crippen LogP contribution in [0.15, 0.2) is 60.7 Å². The molecule has 8 heteroatoms. The molecular weight excluding hydrogens is 374 g/mol. The van der Waals surface area contributed by atoms with Crippen LogP contribution in [-0.4, -0.2) is 22.2 Å². The fraction of sp³-hybridized carbons (Fsp3) is 0. The third-order valence-electron chi connectivity index (χ3n) is 3.65. The van der Waals surface area contributed by atoms with Crippen molar-refractivity contribution in [3.8, 4) is 23.0 Å². The highest BCUT2D eigenvalue weighted by Gasteiger charge is 2.34. The first-order valence-electron chi connectivity index (χ1n) is 7.87. The van der Waals surface area contributed by atoms with Crippen LogP contribution in [0, 0.1) is 11.6 Å². The molecule has 28 heavy (non-hydrogen) atoms. The molecular formula is C20H12F2O6. The molecule has 0 amide bonds. The van der Waals surface area contributed by atoms with Crippen molar-refractivity contribution in [1.29, 1.82) is 0 Å². The second-order valence-electron chi connectivity index (χ2n) is 5.48. The lowest BCUT2D eigenvalue weighted by Gasteiger charge is -2.17. The molecule has 0 spiro atoms. The number of ether oxygens (including phenoxy) is 2. The zero-order valence-corrected chi connectivity index (χ0v) is 14.1. The maximum absolute atomic E-state index is 15.0. The minimum absolute atomic E-state index is 0.0677. The van der Waals surface area contributed by atoms with Gasteiger partial charge in [-0.25, -0.2) is 18.4 Å². The van der Waals surface area contributed by atoms with Crippen LogP contribution in [0.1, 0.15) is 20.7 Å². The van der Waals surface area contributed by atoms with Gasteiger partial charge in [0.2, 0.25) is 11.5 Å². The maximum atomic E-state index is 15.0. The molecule has 0 bridgehead atoms. The van der Waals surface area contributed by atoms with E-state index >= 15 is 0 Å². The smallest absolute Gasteiger partial charge is 0.339 e. The summed E-state index contributed by atoms with van der Waals surface area (Å²) in [4.78, 5) is 22.8. The lowest BCUT2D eigenvalue weighted by atomic mass is 10.0. The fourth-order valence-corrected chi connectivity index (χ4v) is 2.44. The topological polar surface area (TPSA) is 93.1 Å². The van der Waals surface area contributed by atoms with Crippen LogP contribution in [0.3, 0.4) is 0 Å². The number of aromatic carboxylic acids is 2. The van der Waals surface area contributed by atoms with E-state index in [1.807, 2.05) is 0 Å². The third-order valence-corrected chi connectivity index (χ3v) is 3.65. The zero-order chi connectivity index (χ0) is 20.3. The Hall–Kier alpha value is -3.94. The predicted molar refractivity (Wildman–Crippen MR) is 93.3 cm³/mol. The van der Waals surface area contributed by atoms with Gasteiger partial charge in [-0.1, -0.05) is 36.4 Å². The van der Waals surface area contributed by atoms with Crippen molar-refractivity contribution in [3.63, 3.8) is 0 Å². The number of carbonyl (C=O) groups is 2. The van der Waals surface area contributed by atoms with Crippen LogP contribution in [0.4, 0.5) is 8.78 Å². The van der Waals surface area contributed by atoms with Crippen LogP contribution in [-0.2, 0) is 0 Å². The Morgan fingerprint density at radius 2 is 0.964 bits per heavy atom. The molecule has 0 aliphatic heterocycles. The van der Waals surface area contributed by atoms with E-state index in [0.29, 0.717) is 0 Å². The van der Waals surface area contributed by atoms with Gasteiger partial charge in [-0.05, 0) is 24.3 Å². The lowest BCUT2D eigenvalue weighted by molar-refractivity contribution is 0.0641. The highest BCUT2D eigenvalue weighted by Crippen LogP contribution is 2.43. The normalized spacial score (nSPS) is 10.4. The molecule has 0 fully saturated rings. The molecule has 0 heterocycles. The van der Waals surface area contributed by atoms with E-state index in [-0.39, 0.29) is 11.5 Å². The Bertz CT molecular complexity index is 951. The summed E-state index contributed by atoms with van der Waals surface area (Å²) in [6.07, 6.45) is 0. The summed E-state index contributed by atoms with van der Waals surface area (Å²) in [5.41, 5.74) is -2.73. The molecule has 0 unspecified atom stereocenters. The molecule has 0 radical (unpaired) electrons. The molecule has 3 aromatic rings. The first kappa shape index (κ1) is 18.8. The Labute approximate surface area is 157 Å². The zero-order valence-electron chi connectivity index (χ0n) is 14.1. The fourth-order valence-electron chi connectivity index (χ4n) is 2.44. The second kappa shape index (κ2) is 7.75. The summed E-state index contributed by atoms with van der Waals surface area (Å²) in [7, 11) is 0. The van der Waals surface area contributed by atoms with Gasteiger partial charge >= 0.3 is 11.9 Å². The van der Waals surface area contributed by atoms with Gasteiger partial charge < -0.3 is 19.7 Å². The van der Waals surface area contributed by atoms with Crippen molar-refractivity contribution in [2.75, 3.05) is 0 Å². The SMILES string of the molecule is O=C(O)c1c(F)c(Oc2ccccc2)c(Oc2ccccc2)c(F)c1C(=O)O. The van der Waals surface area contributed by atoms with Crippen LogP contribution in [0.25, 0.3) is 0 Å². The van der Waals surface area contributed by atoms with Gasteiger partial charge in [-0.15, -0.1) is 0 Å². The van der Waals surface area contributed by atoms with Crippen molar-refractivity contribution >= 4 is 11.9 Å². The predicted octanol–water partition coefficient (Wildman–Crippen LogP) is 4.95. The molecule has 0 aliphatic carbocycles. The van der Waals surface area contributed by atoms with Crippen LogP contribution in [0.2, 0.25) is 0 Å². The molecule has 6 nitrogen and oxygen atoms in total. The van der Waals surface area contributed by atoms with Gasteiger partial charge in [0.1, 0.15) is 22.6 Å². The number of para-hydroxylation sites is 2. The molecule has 3 aromatic carbocycles. The van der Waals surface area contributed by atoms with Crippen LogP contribution >= 0.6 is 0 Å². The van der Waals surface area contributed by atoms with Gasteiger partial charge in [-0.3, -0.25) is 0 Å². The number of hydrogen-bond acceptors (Lipinski definition) is 4. The minimum Gasteiger partial charge on any atom is -0.478 e. The number of rotatable bonds is 6. The summed E-state index contributed by atoms with van der Waals surface area (Å²) in [6, 6.07) is 15.3. The van der Waals surface area contributed by atoms with Gasteiger partial charge in [-0.2, -0.15) is 0 Å². The van der Waals surface area contributed by atoms with Gasteiger partial charge in [0.25, 0.3) is 0 Å². The first-order valence-corrected chi connectivity index (χ1v) is 7.87. The molecule has 0 atom stereocenters. The van der Waals surface area contributed by atoms with Crippen molar-refractivity contribution in [1.82, 2.24) is 0 Å². The van der Waals surface area contributed by atoms with E-state index in [1.54, 1.807) is 36.4 Å². The quantitative estimate of drug-likeness (QED) is 0.623. The van der Waals surface area contributed by atoms with Crippen LogP contribution < -0.4 is 9.47 Å². The van der Waals surface area contributed by atoms with E-state index in [2.05, 4.69) is 0 Å². The first-order chi connectivity index (χ1) is 13.4. The van der Waals surface area contributed by atoms with Crippen molar-refractivity contribution in [2.24, 2.45) is 0 Å². The van der Waals surface area contributed by atoms with Crippen molar-refractivity contribution in [2.45, 2.75) is 0 Å². The van der Waals surface area contributed by atoms with E-state index in [1.165, 1.54) is 24.3 Å². The molecule has 3 rings (SSSR count). The van der Waals surface area contributed by atoms with Crippen LogP contribution in [0.5, 0.6) is 23.0 Å². The van der Waals surface area contributed by atoms with Gasteiger partial charge in [0.05, 0.1) is 0 Å². The molecule has 142 valence electrons. The van der Waals surface area contributed by atoms with Crippen molar-refractivity contribution in [3.05, 3.63) is 83.4 Å². The minimum atomic E-state index is -1.96. The summed E-state index contributed by atoms with van der Waals surface area (Å²) in [5, 5.41) is 18.4. The number of benzene rings is 3. The molecule has 2 N–H and O–H groups in total. The third kappa shape index (κ3) is 3.61. The Morgan fingerprint density at radius 3 is 1.25 bits per heavy atom. The van der Waals surface area contributed by atoms with E-state index in [4.69, 9.17) is 9.47 Å². The van der Waals surface area contributed by atoms with E-state index < -0.39 is 46.2 Å². The number of carboxylic acid groups (broad SMARTS) is 2. The largest absolute Gasteiger partial charge is 0.478 e. The highest BCUT2D eigenvalue weighted by molar-refractivity contribution is 6.03. The monoisotopic (exact) mass is 386 g/mol. The molecule has 0 aromatic heterocycles.